The molecule has 0 saturated heterocycles. The van der Waals surface area contributed by atoms with Gasteiger partial charge in [0, 0.05) is 12.6 Å². The third-order valence-electron chi connectivity index (χ3n) is 4.70. The molecule has 2 atom stereocenters. The summed E-state index contributed by atoms with van der Waals surface area (Å²) in [5.41, 5.74) is 6.13. The second-order valence-corrected chi connectivity index (χ2v) is 6.16. The first kappa shape index (κ1) is 13.9. The number of rotatable bonds is 3. The summed E-state index contributed by atoms with van der Waals surface area (Å²) in [7, 11) is 0. The quantitative estimate of drug-likeness (QED) is 0.759. The Morgan fingerprint density at radius 1 is 0.944 bits per heavy atom. The fourth-order valence-electron chi connectivity index (χ4n) is 3.43. The van der Waals surface area contributed by atoms with Crippen molar-refractivity contribution in [3.05, 3.63) is 0 Å². The van der Waals surface area contributed by atoms with Crippen LogP contribution in [0, 0.1) is 11.8 Å². The maximum atomic E-state index is 12.2. The number of nitrogens with one attached hydrogen (secondary N) is 1. The molecule has 0 aromatic carbocycles. The van der Waals surface area contributed by atoms with Crippen LogP contribution in [-0.4, -0.2) is 18.5 Å². The van der Waals surface area contributed by atoms with E-state index in [0.29, 0.717) is 5.92 Å². The molecule has 0 aromatic heterocycles. The highest BCUT2D eigenvalue weighted by molar-refractivity contribution is 5.79. The number of carbonyl (C=O) groups excluding carboxylic acids is 1. The van der Waals surface area contributed by atoms with Gasteiger partial charge in [-0.1, -0.05) is 38.5 Å². The minimum atomic E-state index is 0.0658. The lowest BCUT2D eigenvalue weighted by atomic mass is 9.89. The maximum absolute atomic E-state index is 12.2. The van der Waals surface area contributed by atoms with Crippen molar-refractivity contribution in [2.45, 2.75) is 70.3 Å². The van der Waals surface area contributed by atoms with E-state index in [9.17, 15) is 4.79 Å². The molecular formula is C15H28N2O. The summed E-state index contributed by atoms with van der Waals surface area (Å²) >= 11 is 0. The van der Waals surface area contributed by atoms with Gasteiger partial charge in [0.2, 0.25) is 5.91 Å². The van der Waals surface area contributed by atoms with Crippen LogP contribution in [0.4, 0.5) is 0 Å². The number of hydrogen-bond donors (Lipinski definition) is 2. The van der Waals surface area contributed by atoms with Crippen molar-refractivity contribution in [1.82, 2.24) is 5.32 Å². The molecule has 2 aliphatic rings. The van der Waals surface area contributed by atoms with E-state index >= 15 is 0 Å². The van der Waals surface area contributed by atoms with Crippen LogP contribution in [0.2, 0.25) is 0 Å². The molecule has 0 bridgehead atoms. The molecule has 1 amide bonds. The molecule has 2 unspecified atom stereocenters. The van der Waals surface area contributed by atoms with Gasteiger partial charge in [-0.05, 0) is 31.6 Å². The first-order valence-corrected chi connectivity index (χ1v) is 7.80. The summed E-state index contributed by atoms with van der Waals surface area (Å²) in [5.74, 6) is 0.996. The van der Waals surface area contributed by atoms with Gasteiger partial charge in [-0.3, -0.25) is 4.79 Å². The van der Waals surface area contributed by atoms with Gasteiger partial charge in [-0.15, -0.1) is 0 Å². The van der Waals surface area contributed by atoms with Gasteiger partial charge in [-0.2, -0.15) is 0 Å². The van der Waals surface area contributed by atoms with E-state index in [4.69, 9.17) is 5.73 Å². The molecule has 0 heterocycles. The highest BCUT2D eigenvalue weighted by atomic mass is 16.1. The number of hydrogen-bond acceptors (Lipinski definition) is 2. The molecule has 18 heavy (non-hydrogen) atoms. The molecule has 0 aliphatic heterocycles. The molecule has 0 spiro atoms. The van der Waals surface area contributed by atoms with Crippen LogP contribution in [0.25, 0.3) is 0 Å². The fraction of sp³-hybridized carbons (Fsp3) is 0.933. The van der Waals surface area contributed by atoms with E-state index in [0.717, 1.165) is 25.8 Å². The fourth-order valence-corrected chi connectivity index (χ4v) is 3.43. The smallest absolute Gasteiger partial charge is 0.224 e. The van der Waals surface area contributed by atoms with Crippen LogP contribution in [0.1, 0.15) is 64.2 Å². The van der Waals surface area contributed by atoms with Crippen molar-refractivity contribution in [3.63, 3.8) is 0 Å². The number of nitrogens with two attached hydrogens (primary N) is 1. The first-order valence-electron chi connectivity index (χ1n) is 7.80. The van der Waals surface area contributed by atoms with E-state index in [1.165, 1.54) is 44.9 Å². The Bertz CT molecular complexity index is 261. The predicted molar refractivity (Wildman–Crippen MR) is 74.1 cm³/mol. The summed E-state index contributed by atoms with van der Waals surface area (Å²) in [6.45, 7) is 0.877. The Balaban J connectivity index is 1.75. The lowest BCUT2D eigenvalue weighted by Crippen LogP contribution is -2.42. The Morgan fingerprint density at radius 2 is 1.56 bits per heavy atom. The molecule has 2 fully saturated rings. The third-order valence-corrected chi connectivity index (χ3v) is 4.70. The Morgan fingerprint density at radius 3 is 2.28 bits per heavy atom. The van der Waals surface area contributed by atoms with Gasteiger partial charge in [-0.25, -0.2) is 0 Å². The lowest BCUT2D eigenvalue weighted by molar-refractivity contribution is -0.126. The Hall–Kier alpha value is -0.570. The molecule has 0 radical (unpaired) electrons. The molecule has 3 heteroatoms. The SMILES string of the molecule is NC1CCCCCC1C(=O)NCC1CCCCC1. The molecule has 104 valence electrons. The van der Waals surface area contributed by atoms with Crippen molar-refractivity contribution in [2.75, 3.05) is 6.54 Å². The Kier molecular flexibility index (Phi) is 5.48. The number of carbonyl (C=O) groups is 1. The largest absolute Gasteiger partial charge is 0.356 e. The monoisotopic (exact) mass is 252 g/mol. The highest BCUT2D eigenvalue weighted by Crippen LogP contribution is 2.24. The molecule has 3 nitrogen and oxygen atoms in total. The first-order chi connectivity index (χ1) is 8.77. The molecule has 0 aromatic rings. The Labute approximate surface area is 111 Å². The van der Waals surface area contributed by atoms with E-state index in [1.807, 2.05) is 0 Å². The van der Waals surface area contributed by atoms with Gasteiger partial charge < -0.3 is 11.1 Å². The molecule has 2 aliphatic carbocycles. The topological polar surface area (TPSA) is 55.1 Å². The maximum Gasteiger partial charge on any atom is 0.224 e. The van der Waals surface area contributed by atoms with Gasteiger partial charge in [0.25, 0.3) is 0 Å². The summed E-state index contributed by atoms with van der Waals surface area (Å²) in [4.78, 5) is 12.2. The summed E-state index contributed by atoms with van der Waals surface area (Å²) in [6, 6.07) is 0.0823. The predicted octanol–water partition coefficient (Wildman–Crippen LogP) is 2.59. The van der Waals surface area contributed by atoms with Crippen molar-refractivity contribution in [2.24, 2.45) is 17.6 Å². The van der Waals surface area contributed by atoms with Crippen molar-refractivity contribution in [3.8, 4) is 0 Å². The van der Waals surface area contributed by atoms with E-state index in [-0.39, 0.29) is 17.9 Å². The second kappa shape index (κ2) is 7.13. The summed E-state index contributed by atoms with van der Waals surface area (Å²) in [6.07, 6.45) is 12.2. The van der Waals surface area contributed by atoms with Crippen LogP contribution in [-0.2, 0) is 4.79 Å². The van der Waals surface area contributed by atoms with Crippen LogP contribution in [0.15, 0.2) is 0 Å². The minimum absolute atomic E-state index is 0.0658. The lowest BCUT2D eigenvalue weighted by Gasteiger charge is -2.25. The van der Waals surface area contributed by atoms with Gasteiger partial charge in [0.1, 0.15) is 0 Å². The van der Waals surface area contributed by atoms with Crippen LogP contribution in [0.3, 0.4) is 0 Å². The van der Waals surface area contributed by atoms with E-state index in [1.54, 1.807) is 0 Å². The zero-order chi connectivity index (χ0) is 12.8. The molecular weight excluding hydrogens is 224 g/mol. The average molecular weight is 252 g/mol. The molecule has 3 N–H and O–H groups in total. The van der Waals surface area contributed by atoms with Gasteiger partial charge in [0.05, 0.1) is 5.92 Å². The van der Waals surface area contributed by atoms with Gasteiger partial charge >= 0.3 is 0 Å². The van der Waals surface area contributed by atoms with Crippen LogP contribution >= 0.6 is 0 Å². The minimum Gasteiger partial charge on any atom is -0.356 e. The molecule has 2 rings (SSSR count). The highest BCUT2D eigenvalue weighted by Gasteiger charge is 2.27. The van der Waals surface area contributed by atoms with Crippen molar-refractivity contribution >= 4 is 5.91 Å². The summed E-state index contributed by atoms with van der Waals surface area (Å²) in [5, 5.41) is 3.16. The van der Waals surface area contributed by atoms with Crippen LogP contribution < -0.4 is 11.1 Å². The van der Waals surface area contributed by atoms with Crippen molar-refractivity contribution < 1.29 is 4.79 Å². The normalized spacial score (nSPS) is 30.7. The van der Waals surface area contributed by atoms with E-state index < -0.39 is 0 Å². The standard InChI is InChI=1S/C15H28N2O/c16-14-10-6-2-5-9-13(14)15(18)17-11-12-7-3-1-4-8-12/h12-14H,1-11,16H2,(H,17,18). The van der Waals surface area contributed by atoms with Crippen molar-refractivity contribution in [1.29, 1.82) is 0 Å². The zero-order valence-corrected chi connectivity index (χ0v) is 11.5. The molecule has 2 saturated carbocycles. The average Bonchev–Trinajstić information content (AvgIpc) is 2.62. The van der Waals surface area contributed by atoms with Gasteiger partial charge in [0.15, 0.2) is 0 Å². The summed E-state index contributed by atoms with van der Waals surface area (Å²) < 4.78 is 0. The van der Waals surface area contributed by atoms with Crippen LogP contribution in [0.5, 0.6) is 0 Å². The number of amides is 1. The second-order valence-electron chi connectivity index (χ2n) is 6.16. The zero-order valence-electron chi connectivity index (χ0n) is 11.5. The third kappa shape index (κ3) is 3.98. The van der Waals surface area contributed by atoms with E-state index in [2.05, 4.69) is 5.32 Å².